The van der Waals surface area contributed by atoms with Crippen LogP contribution < -0.4 is 0 Å². The number of H-pyrrole nitrogens is 1. The Morgan fingerprint density at radius 3 is 3.07 bits per heavy atom. The Morgan fingerprint density at radius 2 is 2.40 bits per heavy atom. The monoisotopic (exact) mass is 201 g/mol. The zero-order valence-corrected chi connectivity index (χ0v) is 7.94. The molecule has 0 amide bonds. The number of fused-ring (bicyclic) bond motifs is 1. The third-order valence-corrected chi connectivity index (χ3v) is 2.05. The summed E-state index contributed by atoms with van der Waals surface area (Å²) in [6, 6.07) is 4.96. The fourth-order valence-corrected chi connectivity index (χ4v) is 1.33. The van der Waals surface area contributed by atoms with E-state index in [1.165, 1.54) is 7.11 Å². The molecule has 0 unspecified atom stereocenters. The van der Waals surface area contributed by atoms with Crippen molar-refractivity contribution in [1.29, 1.82) is 0 Å². The first kappa shape index (κ1) is 9.21. The summed E-state index contributed by atoms with van der Waals surface area (Å²) in [5.74, 6) is -0.489. The standard InChI is InChI=1S/C10H7N3O2/c1-11-6-3-4-7-8(5-6)12-13-9(7)10(14)15-2/h3-5H,2H3,(H,12,13). The lowest BCUT2D eigenvalue weighted by Gasteiger charge is -1.94. The van der Waals surface area contributed by atoms with Gasteiger partial charge in [0.15, 0.2) is 11.4 Å². The minimum atomic E-state index is -0.489. The maximum absolute atomic E-state index is 11.3. The molecule has 0 bridgehead atoms. The topological polar surface area (TPSA) is 59.3 Å². The average molecular weight is 201 g/mol. The van der Waals surface area contributed by atoms with Gasteiger partial charge < -0.3 is 4.74 Å². The van der Waals surface area contributed by atoms with Crippen LogP contribution in [0, 0.1) is 6.57 Å². The molecule has 15 heavy (non-hydrogen) atoms. The number of carbonyl (C=O) groups is 1. The van der Waals surface area contributed by atoms with E-state index in [4.69, 9.17) is 6.57 Å². The summed E-state index contributed by atoms with van der Waals surface area (Å²) < 4.78 is 4.58. The smallest absolute Gasteiger partial charge is 0.359 e. The summed E-state index contributed by atoms with van der Waals surface area (Å²) in [5, 5.41) is 7.18. The molecule has 0 aliphatic rings. The first-order valence-electron chi connectivity index (χ1n) is 4.20. The van der Waals surface area contributed by atoms with Gasteiger partial charge in [0, 0.05) is 5.39 Å². The van der Waals surface area contributed by atoms with Crippen molar-refractivity contribution < 1.29 is 9.53 Å². The first-order chi connectivity index (χ1) is 7.26. The van der Waals surface area contributed by atoms with Gasteiger partial charge in [-0.1, -0.05) is 12.1 Å². The predicted octanol–water partition coefficient (Wildman–Crippen LogP) is 1.90. The molecule has 0 saturated carbocycles. The molecule has 0 aliphatic carbocycles. The Morgan fingerprint density at radius 1 is 1.60 bits per heavy atom. The molecule has 5 nitrogen and oxygen atoms in total. The fraction of sp³-hybridized carbons (Fsp3) is 0.100. The molecule has 0 atom stereocenters. The summed E-state index contributed by atoms with van der Waals surface area (Å²) in [4.78, 5) is 14.6. The molecular formula is C10H7N3O2. The van der Waals surface area contributed by atoms with E-state index in [9.17, 15) is 4.79 Å². The van der Waals surface area contributed by atoms with Crippen LogP contribution in [0.15, 0.2) is 18.2 Å². The molecule has 0 fully saturated rings. The van der Waals surface area contributed by atoms with Crippen molar-refractivity contribution in [1.82, 2.24) is 10.2 Å². The van der Waals surface area contributed by atoms with E-state index < -0.39 is 5.97 Å². The van der Waals surface area contributed by atoms with E-state index in [1.54, 1.807) is 18.2 Å². The highest BCUT2D eigenvalue weighted by Gasteiger charge is 2.13. The van der Waals surface area contributed by atoms with Crippen LogP contribution in [-0.2, 0) is 4.74 Å². The van der Waals surface area contributed by atoms with Gasteiger partial charge in [-0.05, 0) is 6.07 Å². The van der Waals surface area contributed by atoms with Crippen molar-refractivity contribution in [2.45, 2.75) is 0 Å². The number of ether oxygens (including phenoxy) is 1. The van der Waals surface area contributed by atoms with Gasteiger partial charge in [0.2, 0.25) is 0 Å². The minimum Gasteiger partial charge on any atom is -0.464 e. The van der Waals surface area contributed by atoms with Crippen LogP contribution in [0.25, 0.3) is 15.7 Å². The van der Waals surface area contributed by atoms with Crippen LogP contribution in [-0.4, -0.2) is 23.3 Å². The third kappa shape index (κ3) is 1.42. The van der Waals surface area contributed by atoms with Crippen LogP contribution in [0.1, 0.15) is 10.5 Å². The molecule has 0 saturated heterocycles. The number of hydrogen-bond acceptors (Lipinski definition) is 3. The molecule has 74 valence electrons. The number of hydrogen-bond donors (Lipinski definition) is 1. The Hall–Kier alpha value is -2.35. The number of esters is 1. The van der Waals surface area contributed by atoms with E-state index in [1.807, 2.05) is 0 Å². The molecule has 0 radical (unpaired) electrons. The summed E-state index contributed by atoms with van der Waals surface area (Å²) >= 11 is 0. The summed E-state index contributed by atoms with van der Waals surface area (Å²) in [5.41, 5.74) is 1.40. The Labute approximate surface area is 85.5 Å². The van der Waals surface area contributed by atoms with Gasteiger partial charge in [0.1, 0.15) is 0 Å². The van der Waals surface area contributed by atoms with Crippen LogP contribution >= 0.6 is 0 Å². The van der Waals surface area contributed by atoms with Crippen molar-refractivity contribution in [3.8, 4) is 0 Å². The lowest BCUT2D eigenvalue weighted by Crippen LogP contribution is -2.01. The second-order valence-electron chi connectivity index (χ2n) is 2.91. The molecule has 0 spiro atoms. The van der Waals surface area contributed by atoms with Gasteiger partial charge in [0.05, 0.1) is 19.2 Å². The first-order valence-corrected chi connectivity index (χ1v) is 4.20. The number of nitrogens with one attached hydrogen (secondary N) is 1. The second kappa shape index (κ2) is 3.42. The van der Waals surface area contributed by atoms with Crippen LogP contribution in [0.3, 0.4) is 0 Å². The van der Waals surface area contributed by atoms with E-state index >= 15 is 0 Å². The summed E-state index contributed by atoms with van der Waals surface area (Å²) in [6.07, 6.45) is 0. The fourth-order valence-electron chi connectivity index (χ4n) is 1.33. The molecule has 0 aliphatic heterocycles. The van der Waals surface area contributed by atoms with Crippen molar-refractivity contribution in [2.75, 3.05) is 7.11 Å². The molecule has 2 aromatic rings. The molecule has 1 aromatic heterocycles. The van der Waals surface area contributed by atoms with Crippen molar-refractivity contribution in [3.63, 3.8) is 0 Å². The molecule has 2 rings (SSSR count). The number of benzene rings is 1. The quantitative estimate of drug-likeness (QED) is 0.566. The van der Waals surface area contributed by atoms with E-state index in [0.29, 0.717) is 16.6 Å². The molecule has 1 aromatic carbocycles. The number of methoxy groups -OCH3 is 1. The zero-order chi connectivity index (χ0) is 10.8. The summed E-state index contributed by atoms with van der Waals surface area (Å²) in [6.45, 7) is 6.85. The number of aromatic nitrogens is 2. The van der Waals surface area contributed by atoms with E-state index in [2.05, 4.69) is 19.8 Å². The second-order valence-corrected chi connectivity index (χ2v) is 2.91. The van der Waals surface area contributed by atoms with Crippen LogP contribution in [0.4, 0.5) is 5.69 Å². The SMILES string of the molecule is [C-]#[N+]c1ccc2c(C(=O)OC)n[nH]c2c1. The number of nitrogens with zero attached hydrogens (tertiary/aromatic N) is 2. The Bertz CT molecular complexity index is 566. The van der Waals surface area contributed by atoms with Crippen molar-refractivity contribution >= 4 is 22.6 Å². The number of rotatable bonds is 1. The van der Waals surface area contributed by atoms with Crippen molar-refractivity contribution in [3.05, 3.63) is 35.3 Å². The van der Waals surface area contributed by atoms with Crippen LogP contribution in [0.2, 0.25) is 0 Å². The summed E-state index contributed by atoms with van der Waals surface area (Å²) in [7, 11) is 1.30. The molecule has 1 N–H and O–H groups in total. The normalized spacial score (nSPS) is 9.87. The van der Waals surface area contributed by atoms with Crippen molar-refractivity contribution in [2.24, 2.45) is 0 Å². The van der Waals surface area contributed by atoms with E-state index in [0.717, 1.165) is 0 Å². The molecule has 1 heterocycles. The Kier molecular flexibility index (Phi) is 2.10. The van der Waals surface area contributed by atoms with Gasteiger partial charge in [-0.15, -0.1) is 0 Å². The van der Waals surface area contributed by atoms with Gasteiger partial charge in [-0.25, -0.2) is 9.64 Å². The molecular weight excluding hydrogens is 194 g/mol. The maximum atomic E-state index is 11.3. The van der Waals surface area contributed by atoms with Gasteiger partial charge in [-0.3, -0.25) is 5.10 Å². The Balaban J connectivity index is 2.63. The predicted molar refractivity (Wildman–Crippen MR) is 53.7 cm³/mol. The minimum absolute atomic E-state index is 0.240. The van der Waals surface area contributed by atoms with E-state index in [-0.39, 0.29) is 5.69 Å². The van der Waals surface area contributed by atoms with Gasteiger partial charge >= 0.3 is 5.97 Å². The molecule has 5 heteroatoms. The lowest BCUT2D eigenvalue weighted by atomic mass is 10.2. The van der Waals surface area contributed by atoms with Gasteiger partial charge in [0.25, 0.3) is 0 Å². The maximum Gasteiger partial charge on any atom is 0.359 e. The lowest BCUT2D eigenvalue weighted by molar-refractivity contribution is 0.0596. The van der Waals surface area contributed by atoms with Gasteiger partial charge in [-0.2, -0.15) is 5.10 Å². The van der Waals surface area contributed by atoms with Crippen LogP contribution in [0.5, 0.6) is 0 Å². The number of carbonyl (C=O) groups excluding carboxylic acids is 1. The average Bonchev–Trinajstić information content (AvgIpc) is 2.70. The third-order valence-electron chi connectivity index (χ3n) is 2.05. The highest BCUT2D eigenvalue weighted by Crippen LogP contribution is 2.22. The number of aromatic amines is 1. The zero-order valence-electron chi connectivity index (χ0n) is 7.94. The largest absolute Gasteiger partial charge is 0.464 e. The highest BCUT2D eigenvalue weighted by atomic mass is 16.5. The highest BCUT2D eigenvalue weighted by molar-refractivity contribution is 6.02.